The van der Waals surface area contributed by atoms with Gasteiger partial charge in [0.25, 0.3) is 0 Å². The van der Waals surface area contributed by atoms with Gasteiger partial charge in [-0.2, -0.15) is 0 Å². The Morgan fingerprint density at radius 3 is 2.57 bits per heavy atom. The van der Waals surface area contributed by atoms with Crippen LogP contribution >= 0.6 is 0 Å². The topological polar surface area (TPSA) is 44.8 Å². The van der Waals surface area contributed by atoms with E-state index in [4.69, 9.17) is 4.74 Å². The van der Waals surface area contributed by atoms with Crippen molar-refractivity contribution < 1.29 is 13.9 Å². The third-order valence-corrected chi connectivity index (χ3v) is 5.71. The zero-order valence-electron chi connectivity index (χ0n) is 16.1. The van der Waals surface area contributed by atoms with Gasteiger partial charge in [-0.3, -0.25) is 9.69 Å². The monoisotopic (exact) mass is 383 g/mol. The minimum Gasteiger partial charge on any atom is -0.493 e. The van der Waals surface area contributed by atoms with Crippen LogP contribution < -0.4 is 15.0 Å². The van der Waals surface area contributed by atoms with Crippen molar-refractivity contribution in [2.24, 2.45) is 0 Å². The lowest BCUT2D eigenvalue weighted by molar-refractivity contribution is -0.127. The Balaban J connectivity index is 1.33. The van der Waals surface area contributed by atoms with Gasteiger partial charge in [-0.05, 0) is 37.3 Å². The van der Waals surface area contributed by atoms with E-state index < -0.39 is 0 Å². The molecule has 0 radical (unpaired) electrons. The molecular formula is C22H26FN3O2. The molecule has 5 nitrogen and oxygen atoms in total. The van der Waals surface area contributed by atoms with Gasteiger partial charge in [0.05, 0.1) is 18.7 Å². The smallest absolute Gasteiger partial charge is 0.237 e. The third-order valence-electron chi connectivity index (χ3n) is 5.71. The Morgan fingerprint density at radius 2 is 1.82 bits per heavy atom. The number of fused-ring (bicyclic) bond motifs is 1. The minimum absolute atomic E-state index is 0.000374. The Hall–Kier alpha value is -2.60. The summed E-state index contributed by atoms with van der Waals surface area (Å²) in [6.45, 7) is 5.83. The van der Waals surface area contributed by atoms with Crippen LogP contribution in [-0.4, -0.2) is 49.6 Å². The first-order valence-corrected chi connectivity index (χ1v) is 9.88. The Kier molecular flexibility index (Phi) is 5.48. The Labute approximate surface area is 165 Å². The maximum atomic E-state index is 13.1. The first-order chi connectivity index (χ1) is 13.6. The Bertz CT molecular complexity index is 819. The number of ether oxygens (including phenoxy) is 1. The van der Waals surface area contributed by atoms with Gasteiger partial charge in [-0.15, -0.1) is 0 Å². The van der Waals surface area contributed by atoms with Crippen LogP contribution in [0, 0.1) is 5.82 Å². The molecule has 0 aliphatic carbocycles. The van der Waals surface area contributed by atoms with Crippen LogP contribution in [0.5, 0.6) is 5.75 Å². The molecule has 28 heavy (non-hydrogen) atoms. The van der Waals surface area contributed by atoms with Gasteiger partial charge in [-0.1, -0.05) is 18.2 Å². The fraction of sp³-hybridized carbons (Fsp3) is 0.409. The minimum atomic E-state index is -0.220. The molecule has 0 saturated carbocycles. The molecule has 1 saturated heterocycles. The highest BCUT2D eigenvalue weighted by Crippen LogP contribution is 2.31. The number of amides is 1. The summed E-state index contributed by atoms with van der Waals surface area (Å²) in [6.07, 6.45) is 0.786. The van der Waals surface area contributed by atoms with Crippen molar-refractivity contribution >= 4 is 11.6 Å². The SMILES string of the molecule is CC(C(=O)NC1CCOc2ccccc21)N1CCN(c2ccc(F)cc2)CC1. The van der Waals surface area contributed by atoms with E-state index in [1.807, 2.05) is 43.3 Å². The molecule has 2 atom stereocenters. The molecule has 0 spiro atoms. The van der Waals surface area contributed by atoms with Crippen LogP contribution in [0.3, 0.4) is 0 Å². The van der Waals surface area contributed by atoms with E-state index in [1.165, 1.54) is 12.1 Å². The number of carbonyl (C=O) groups is 1. The molecule has 0 bridgehead atoms. The number of halogens is 1. The summed E-state index contributed by atoms with van der Waals surface area (Å²) >= 11 is 0. The normalized spacial score (nSPS) is 20.8. The first-order valence-electron chi connectivity index (χ1n) is 9.88. The van der Waals surface area contributed by atoms with Crippen molar-refractivity contribution in [3.05, 3.63) is 59.9 Å². The number of hydrogen-bond acceptors (Lipinski definition) is 4. The number of benzene rings is 2. The third kappa shape index (κ3) is 3.97. The number of hydrogen-bond donors (Lipinski definition) is 1. The van der Waals surface area contributed by atoms with Crippen LogP contribution in [0.15, 0.2) is 48.5 Å². The van der Waals surface area contributed by atoms with Crippen LogP contribution in [0.2, 0.25) is 0 Å². The molecule has 1 fully saturated rings. The summed E-state index contributed by atoms with van der Waals surface area (Å²) in [6, 6.07) is 14.3. The number of anilines is 1. The largest absolute Gasteiger partial charge is 0.493 e. The summed E-state index contributed by atoms with van der Waals surface area (Å²) in [7, 11) is 0. The summed E-state index contributed by atoms with van der Waals surface area (Å²) in [4.78, 5) is 17.3. The van der Waals surface area contributed by atoms with Gasteiger partial charge in [-0.25, -0.2) is 4.39 Å². The molecule has 1 amide bonds. The van der Waals surface area contributed by atoms with Gasteiger partial charge < -0.3 is 15.0 Å². The van der Waals surface area contributed by atoms with Crippen molar-refractivity contribution in [1.82, 2.24) is 10.2 Å². The second kappa shape index (κ2) is 8.19. The fourth-order valence-electron chi connectivity index (χ4n) is 3.97. The summed E-state index contributed by atoms with van der Waals surface area (Å²) in [5, 5.41) is 3.21. The number of piperazine rings is 1. The van der Waals surface area contributed by atoms with Crippen molar-refractivity contribution in [1.29, 1.82) is 0 Å². The summed E-state index contributed by atoms with van der Waals surface area (Å²) < 4.78 is 18.8. The van der Waals surface area contributed by atoms with Crippen LogP contribution in [0.25, 0.3) is 0 Å². The van der Waals surface area contributed by atoms with Gasteiger partial charge in [0.2, 0.25) is 5.91 Å². The van der Waals surface area contributed by atoms with E-state index in [0.29, 0.717) is 6.61 Å². The standard InChI is InChI=1S/C22H26FN3O2/c1-16(22(27)24-20-10-15-28-21-5-3-2-4-19(20)21)25-11-13-26(14-12-25)18-8-6-17(23)7-9-18/h2-9,16,20H,10-15H2,1H3,(H,24,27). The number of nitrogens with one attached hydrogen (secondary N) is 1. The van der Waals surface area contributed by atoms with Crippen molar-refractivity contribution in [3.8, 4) is 5.75 Å². The van der Waals surface area contributed by atoms with Crippen molar-refractivity contribution in [2.45, 2.75) is 25.4 Å². The second-order valence-corrected chi connectivity index (χ2v) is 7.41. The number of nitrogens with zero attached hydrogens (tertiary/aromatic N) is 2. The van der Waals surface area contributed by atoms with E-state index in [0.717, 1.165) is 49.6 Å². The van der Waals surface area contributed by atoms with Crippen LogP contribution in [-0.2, 0) is 4.79 Å². The Morgan fingerprint density at radius 1 is 1.11 bits per heavy atom. The van der Waals surface area contributed by atoms with Crippen molar-refractivity contribution in [3.63, 3.8) is 0 Å². The zero-order valence-corrected chi connectivity index (χ0v) is 16.1. The highest BCUT2D eigenvalue weighted by atomic mass is 19.1. The average Bonchev–Trinajstić information content (AvgIpc) is 2.74. The van der Waals surface area contributed by atoms with Gasteiger partial charge in [0.15, 0.2) is 0 Å². The number of para-hydroxylation sites is 1. The van der Waals surface area contributed by atoms with Crippen LogP contribution in [0.4, 0.5) is 10.1 Å². The van der Waals surface area contributed by atoms with E-state index in [9.17, 15) is 9.18 Å². The predicted molar refractivity (Wildman–Crippen MR) is 107 cm³/mol. The molecule has 2 aliphatic rings. The highest BCUT2D eigenvalue weighted by molar-refractivity contribution is 5.82. The summed E-state index contributed by atoms with van der Waals surface area (Å²) in [5.74, 6) is 0.693. The molecule has 148 valence electrons. The molecule has 2 aromatic carbocycles. The predicted octanol–water partition coefficient (Wildman–Crippen LogP) is 2.98. The maximum Gasteiger partial charge on any atom is 0.237 e. The molecule has 2 aromatic rings. The lowest BCUT2D eigenvalue weighted by Crippen LogP contribution is -2.54. The quantitative estimate of drug-likeness (QED) is 0.882. The van der Waals surface area contributed by atoms with E-state index in [2.05, 4.69) is 15.1 Å². The summed E-state index contributed by atoms with van der Waals surface area (Å²) in [5.41, 5.74) is 2.08. The van der Waals surface area contributed by atoms with Gasteiger partial charge in [0.1, 0.15) is 11.6 Å². The first kappa shape index (κ1) is 18.7. The van der Waals surface area contributed by atoms with E-state index in [-0.39, 0.29) is 23.8 Å². The van der Waals surface area contributed by atoms with E-state index in [1.54, 1.807) is 0 Å². The maximum absolute atomic E-state index is 13.1. The number of rotatable bonds is 4. The molecule has 2 unspecified atom stereocenters. The molecular weight excluding hydrogens is 357 g/mol. The van der Waals surface area contributed by atoms with E-state index >= 15 is 0 Å². The molecule has 0 aromatic heterocycles. The fourth-order valence-corrected chi connectivity index (χ4v) is 3.97. The van der Waals surface area contributed by atoms with Crippen molar-refractivity contribution in [2.75, 3.05) is 37.7 Å². The lowest BCUT2D eigenvalue weighted by atomic mass is 10.00. The van der Waals surface area contributed by atoms with Gasteiger partial charge >= 0.3 is 0 Å². The molecule has 2 heterocycles. The molecule has 6 heteroatoms. The van der Waals surface area contributed by atoms with Gasteiger partial charge in [0, 0.05) is 43.9 Å². The number of carbonyl (C=O) groups excluding carboxylic acids is 1. The second-order valence-electron chi connectivity index (χ2n) is 7.41. The molecule has 1 N–H and O–H groups in total. The lowest BCUT2D eigenvalue weighted by Gasteiger charge is -2.39. The zero-order chi connectivity index (χ0) is 19.5. The highest BCUT2D eigenvalue weighted by Gasteiger charge is 2.29. The molecule has 2 aliphatic heterocycles. The average molecular weight is 383 g/mol. The molecule has 4 rings (SSSR count). The van der Waals surface area contributed by atoms with Crippen LogP contribution in [0.1, 0.15) is 24.9 Å².